The normalized spacial score (nSPS) is 18.6. The Balaban J connectivity index is 2.47. The molecule has 0 spiro atoms. The van der Waals surface area contributed by atoms with Crippen molar-refractivity contribution in [2.24, 2.45) is 4.40 Å². The minimum Gasteiger partial charge on any atom is -0.496 e. The molecule has 5 nitrogen and oxygen atoms in total. The van der Waals surface area contributed by atoms with Crippen LogP contribution in [0.1, 0.15) is 5.56 Å². The highest BCUT2D eigenvalue weighted by molar-refractivity contribution is 7.88. The lowest BCUT2D eigenvalue weighted by atomic mass is 10.1. The summed E-state index contributed by atoms with van der Waals surface area (Å²) in [6, 6.07) is 7.17. The Morgan fingerprint density at radius 3 is 2.73 bits per heavy atom. The molecular formula is C9H10N2O3S. The number of benzene rings is 1. The Bertz CT molecular complexity index is 508. The third-order valence-corrected chi connectivity index (χ3v) is 3.04. The van der Waals surface area contributed by atoms with E-state index in [1.54, 1.807) is 12.1 Å². The minimum absolute atomic E-state index is 0.211. The summed E-state index contributed by atoms with van der Waals surface area (Å²) in [5.41, 5.74) is 1.18. The van der Waals surface area contributed by atoms with Gasteiger partial charge in [-0.3, -0.25) is 0 Å². The molecule has 0 radical (unpaired) electrons. The number of methoxy groups -OCH3 is 1. The van der Waals surface area contributed by atoms with E-state index in [4.69, 9.17) is 4.74 Å². The maximum absolute atomic E-state index is 11.1. The van der Waals surface area contributed by atoms with Crippen LogP contribution in [0.3, 0.4) is 0 Å². The first-order chi connectivity index (χ1) is 7.12. The van der Waals surface area contributed by atoms with Gasteiger partial charge in [-0.05, 0) is 12.1 Å². The van der Waals surface area contributed by atoms with Crippen molar-refractivity contribution in [3.63, 3.8) is 0 Å². The van der Waals surface area contributed by atoms with Crippen LogP contribution in [0.4, 0.5) is 0 Å². The third kappa shape index (κ3) is 2.00. The van der Waals surface area contributed by atoms with Crippen LogP contribution in [0.5, 0.6) is 5.75 Å². The van der Waals surface area contributed by atoms with E-state index in [0.29, 0.717) is 17.0 Å². The number of hydrogen-bond acceptors (Lipinski definition) is 3. The second kappa shape index (κ2) is 3.63. The van der Waals surface area contributed by atoms with Gasteiger partial charge in [0.1, 0.15) is 5.75 Å². The van der Waals surface area contributed by atoms with Crippen molar-refractivity contribution in [3.8, 4) is 5.75 Å². The van der Waals surface area contributed by atoms with Crippen molar-refractivity contribution in [1.82, 2.24) is 4.72 Å². The number of nitrogens with one attached hydrogen (secondary N) is 1. The smallest absolute Gasteiger partial charge is 0.320 e. The van der Waals surface area contributed by atoms with Crippen molar-refractivity contribution < 1.29 is 13.2 Å². The van der Waals surface area contributed by atoms with Crippen LogP contribution in [-0.4, -0.2) is 27.8 Å². The first-order valence-corrected chi connectivity index (χ1v) is 5.78. The predicted molar refractivity (Wildman–Crippen MR) is 56.5 cm³/mol. The molecule has 1 aliphatic rings. The highest BCUT2D eigenvalue weighted by Crippen LogP contribution is 2.20. The number of hydrogen-bond donors (Lipinski definition) is 1. The van der Waals surface area contributed by atoms with E-state index in [9.17, 15) is 8.42 Å². The molecule has 0 saturated heterocycles. The lowest BCUT2D eigenvalue weighted by Crippen LogP contribution is -2.18. The van der Waals surface area contributed by atoms with Gasteiger partial charge in [0, 0.05) is 5.56 Å². The van der Waals surface area contributed by atoms with E-state index < -0.39 is 10.2 Å². The second-order valence-electron chi connectivity index (χ2n) is 3.03. The van der Waals surface area contributed by atoms with Gasteiger partial charge in [-0.1, -0.05) is 12.1 Å². The van der Waals surface area contributed by atoms with Gasteiger partial charge >= 0.3 is 10.2 Å². The largest absolute Gasteiger partial charge is 0.496 e. The second-order valence-corrected chi connectivity index (χ2v) is 4.46. The van der Waals surface area contributed by atoms with Gasteiger partial charge in [-0.2, -0.15) is 17.5 Å². The Labute approximate surface area is 88.0 Å². The van der Waals surface area contributed by atoms with Crippen LogP contribution in [0, 0.1) is 0 Å². The number of ether oxygens (including phenoxy) is 1. The summed E-state index contributed by atoms with van der Waals surface area (Å²) in [4.78, 5) is 0. The quantitative estimate of drug-likeness (QED) is 0.790. The molecule has 0 aromatic heterocycles. The summed E-state index contributed by atoms with van der Waals surface area (Å²) < 4.78 is 33.2. The maximum atomic E-state index is 11.1. The van der Waals surface area contributed by atoms with E-state index in [1.807, 2.05) is 12.1 Å². The monoisotopic (exact) mass is 226 g/mol. The number of para-hydroxylation sites is 1. The molecule has 0 amide bonds. The Kier molecular flexibility index (Phi) is 2.45. The van der Waals surface area contributed by atoms with Crippen LogP contribution >= 0.6 is 0 Å². The number of rotatable bonds is 2. The molecule has 1 N–H and O–H groups in total. The molecule has 1 heterocycles. The molecule has 1 aliphatic heterocycles. The first-order valence-electron chi connectivity index (χ1n) is 4.34. The lowest BCUT2D eigenvalue weighted by molar-refractivity contribution is 0.414. The van der Waals surface area contributed by atoms with E-state index >= 15 is 0 Å². The molecular weight excluding hydrogens is 216 g/mol. The van der Waals surface area contributed by atoms with E-state index in [2.05, 4.69) is 9.12 Å². The summed E-state index contributed by atoms with van der Waals surface area (Å²) in [6.07, 6.45) is 0. The molecule has 0 unspecified atom stereocenters. The third-order valence-electron chi connectivity index (χ3n) is 2.07. The van der Waals surface area contributed by atoms with Gasteiger partial charge in [0.15, 0.2) is 0 Å². The average molecular weight is 226 g/mol. The summed E-state index contributed by atoms with van der Waals surface area (Å²) in [6.45, 7) is 0.211. The SMILES string of the molecule is COc1ccccc1C1=NS(=O)(=O)NC1. The molecule has 0 atom stereocenters. The molecule has 6 heteroatoms. The molecule has 0 saturated carbocycles. The van der Waals surface area contributed by atoms with Gasteiger partial charge in [0.05, 0.1) is 19.4 Å². The summed E-state index contributed by atoms with van der Waals surface area (Å²) in [7, 11) is -1.95. The zero-order valence-corrected chi connectivity index (χ0v) is 8.91. The maximum Gasteiger partial charge on any atom is 0.320 e. The number of nitrogens with zero attached hydrogens (tertiary/aromatic N) is 1. The minimum atomic E-state index is -3.49. The highest BCUT2D eigenvalue weighted by Gasteiger charge is 2.22. The topological polar surface area (TPSA) is 67.8 Å². The van der Waals surface area contributed by atoms with Crippen molar-refractivity contribution >= 4 is 15.9 Å². The van der Waals surface area contributed by atoms with Crippen molar-refractivity contribution in [2.45, 2.75) is 0 Å². The lowest BCUT2D eigenvalue weighted by Gasteiger charge is -2.05. The molecule has 0 fully saturated rings. The molecule has 80 valence electrons. The van der Waals surface area contributed by atoms with Gasteiger partial charge in [-0.25, -0.2) is 0 Å². The fourth-order valence-corrected chi connectivity index (χ4v) is 2.23. The standard InChI is InChI=1S/C9H10N2O3S/c1-14-9-5-3-2-4-7(9)8-6-10-15(12,13)11-8/h2-5,10H,6H2,1H3. The molecule has 15 heavy (non-hydrogen) atoms. The average Bonchev–Trinajstić information content (AvgIpc) is 2.59. The van der Waals surface area contributed by atoms with Crippen molar-refractivity contribution in [2.75, 3.05) is 13.7 Å². The summed E-state index contributed by atoms with van der Waals surface area (Å²) >= 11 is 0. The van der Waals surface area contributed by atoms with Gasteiger partial charge in [0.25, 0.3) is 0 Å². The zero-order chi connectivity index (χ0) is 10.9. The molecule has 1 aromatic carbocycles. The highest BCUT2D eigenvalue weighted by atomic mass is 32.2. The van der Waals surface area contributed by atoms with E-state index in [-0.39, 0.29) is 6.54 Å². The van der Waals surface area contributed by atoms with Crippen molar-refractivity contribution in [3.05, 3.63) is 29.8 Å². The van der Waals surface area contributed by atoms with Gasteiger partial charge in [0.2, 0.25) is 0 Å². The van der Waals surface area contributed by atoms with E-state index in [1.165, 1.54) is 7.11 Å². The molecule has 1 aromatic rings. The molecule has 0 aliphatic carbocycles. The zero-order valence-electron chi connectivity index (χ0n) is 8.10. The van der Waals surface area contributed by atoms with Crippen LogP contribution in [-0.2, 0) is 10.2 Å². The van der Waals surface area contributed by atoms with Gasteiger partial charge in [-0.15, -0.1) is 0 Å². The van der Waals surface area contributed by atoms with Crippen molar-refractivity contribution in [1.29, 1.82) is 0 Å². The molecule has 2 rings (SSSR count). The predicted octanol–water partition coefficient (Wildman–Crippen LogP) is 0.332. The van der Waals surface area contributed by atoms with Gasteiger partial charge < -0.3 is 4.74 Å². The van der Waals surface area contributed by atoms with Crippen LogP contribution in [0.25, 0.3) is 0 Å². The first kappa shape index (κ1) is 10.1. The summed E-state index contributed by atoms with van der Waals surface area (Å²) in [5.74, 6) is 0.621. The van der Waals surface area contributed by atoms with Crippen LogP contribution in [0.2, 0.25) is 0 Å². The fraction of sp³-hybridized carbons (Fsp3) is 0.222. The Morgan fingerprint density at radius 1 is 1.40 bits per heavy atom. The summed E-state index contributed by atoms with van der Waals surface area (Å²) in [5, 5.41) is 0. The van der Waals surface area contributed by atoms with Crippen LogP contribution < -0.4 is 9.46 Å². The van der Waals surface area contributed by atoms with Crippen LogP contribution in [0.15, 0.2) is 28.7 Å². The molecule has 0 bridgehead atoms. The Morgan fingerprint density at radius 2 is 2.13 bits per heavy atom. The fourth-order valence-electron chi connectivity index (χ4n) is 1.40. The van der Waals surface area contributed by atoms with E-state index in [0.717, 1.165) is 0 Å². The Hall–Kier alpha value is -1.40.